The van der Waals surface area contributed by atoms with Crippen LogP contribution in [0.2, 0.25) is 0 Å². The minimum atomic E-state index is 0.000000000000000444. The van der Waals surface area contributed by atoms with Gasteiger partial charge in [-0.3, -0.25) is 10.2 Å². The lowest BCUT2D eigenvalue weighted by atomic mass is 10.1. The number of carbonyl (C=O) groups is 1. The molecule has 0 atom stereocenters. The average molecular weight is 211 g/mol. The van der Waals surface area contributed by atoms with Gasteiger partial charge < -0.3 is 4.52 Å². The molecule has 5 heteroatoms. The third kappa shape index (κ3) is 3.36. The van der Waals surface area contributed by atoms with Crippen molar-refractivity contribution >= 4 is 5.91 Å². The molecular formula is C10H17N3O2. The maximum Gasteiger partial charge on any atom is 0.234 e. The third-order valence-electron chi connectivity index (χ3n) is 2.13. The van der Waals surface area contributed by atoms with Gasteiger partial charge in [0.2, 0.25) is 5.91 Å². The molecule has 0 aliphatic rings. The molecule has 0 radical (unpaired) electrons. The summed E-state index contributed by atoms with van der Waals surface area (Å²) in [6, 6.07) is 0. The molecule has 1 aromatic heterocycles. The Labute approximate surface area is 89.4 Å². The van der Waals surface area contributed by atoms with E-state index in [1.165, 1.54) is 0 Å². The van der Waals surface area contributed by atoms with Gasteiger partial charge in [0.1, 0.15) is 5.76 Å². The van der Waals surface area contributed by atoms with Crippen LogP contribution in [0.5, 0.6) is 0 Å². The number of nitrogens with one attached hydrogen (secondary N) is 1. The number of nitrogens with zero attached hydrogens (tertiary/aromatic N) is 2. The van der Waals surface area contributed by atoms with E-state index >= 15 is 0 Å². The predicted octanol–water partition coefficient (Wildman–Crippen LogP) is 0.817. The molecule has 1 heterocycles. The summed E-state index contributed by atoms with van der Waals surface area (Å²) in [5, 5.41) is 5.47. The highest BCUT2D eigenvalue weighted by Crippen LogP contribution is 2.13. The van der Waals surface area contributed by atoms with E-state index in [1.54, 1.807) is 19.1 Å². The number of rotatable bonds is 4. The van der Waals surface area contributed by atoms with E-state index < -0.39 is 0 Å². The summed E-state index contributed by atoms with van der Waals surface area (Å²) in [6.07, 6.45) is 1.11. The lowest BCUT2D eigenvalue weighted by molar-refractivity contribution is -0.124. The van der Waals surface area contributed by atoms with E-state index in [4.69, 9.17) is 4.52 Å². The number of aromatic nitrogens is 1. The number of hydrogen-bond donors (Lipinski definition) is 1. The number of hydrazine groups is 1. The van der Waals surface area contributed by atoms with E-state index in [-0.39, 0.29) is 5.91 Å². The summed E-state index contributed by atoms with van der Waals surface area (Å²) < 4.78 is 5.02. The highest BCUT2D eigenvalue weighted by atomic mass is 16.5. The van der Waals surface area contributed by atoms with Crippen molar-refractivity contribution < 1.29 is 9.32 Å². The molecule has 0 saturated heterocycles. The molecule has 0 unspecified atom stereocenters. The van der Waals surface area contributed by atoms with Crippen molar-refractivity contribution in [2.45, 2.75) is 26.7 Å². The highest BCUT2D eigenvalue weighted by Gasteiger charge is 2.11. The molecule has 0 spiro atoms. The van der Waals surface area contributed by atoms with Gasteiger partial charge in [-0.1, -0.05) is 5.16 Å². The zero-order chi connectivity index (χ0) is 11.4. The topological polar surface area (TPSA) is 58.4 Å². The zero-order valence-electron chi connectivity index (χ0n) is 9.63. The van der Waals surface area contributed by atoms with Crippen LogP contribution in [-0.4, -0.2) is 30.2 Å². The van der Waals surface area contributed by atoms with Crippen molar-refractivity contribution in [3.63, 3.8) is 0 Å². The van der Waals surface area contributed by atoms with Crippen LogP contribution < -0.4 is 5.43 Å². The largest absolute Gasteiger partial charge is 0.361 e. The van der Waals surface area contributed by atoms with Crippen LogP contribution in [0.3, 0.4) is 0 Å². The average Bonchev–Trinajstić information content (AvgIpc) is 2.42. The van der Waals surface area contributed by atoms with Gasteiger partial charge in [0.25, 0.3) is 0 Å². The van der Waals surface area contributed by atoms with Gasteiger partial charge in [-0.05, 0) is 20.3 Å². The molecule has 1 rings (SSSR count). The van der Waals surface area contributed by atoms with Crippen molar-refractivity contribution in [3.8, 4) is 0 Å². The van der Waals surface area contributed by atoms with Gasteiger partial charge >= 0.3 is 0 Å². The van der Waals surface area contributed by atoms with E-state index in [0.717, 1.165) is 17.0 Å². The minimum Gasteiger partial charge on any atom is -0.361 e. The van der Waals surface area contributed by atoms with Crippen LogP contribution in [0.15, 0.2) is 4.52 Å². The Balaban J connectivity index is 2.47. The zero-order valence-corrected chi connectivity index (χ0v) is 9.63. The molecule has 84 valence electrons. The maximum atomic E-state index is 11.4. The summed E-state index contributed by atoms with van der Waals surface area (Å²) in [5.41, 5.74) is 4.58. The quantitative estimate of drug-likeness (QED) is 0.749. The molecule has 0 saturated carbocycles. The van der Waals surface area contributed by atoms with Crippen molar-refractivity contribution in [1.82, 2.24) is 15.6 Å². The lowest BCUT2D eigenvalue weighted by Crippen LogP contribution is -2.36. The second-order valence-corrected chi connectivity index (χ2v) is 3.73. The smallest absolute Gasteiger partial charge is 0.234 e. The molecule has 1 amide bonds. The van der Waals surface area contributed by atoms with E-state index in [1.807, 2.05) is 13.8 Å². The summed E-state index contributed by atoms with van der Waals surface area (Å²) in [4.78, 5) is 11.4. The Hall–Kier alpha value is -1.36. The summed E-state index contributed by atoms with van der Waals surface area (Å²) in [6.45, 7) is 3.74. The second kappa shape index (κ2) is 4.93. The summed E-state index contributed by atoms with van der Waals surface area (Å²) in [5.74, 6) is 0.796. The fourth-order valence-electron chi connectivity index (χ4n) is 1.40. The molecule has 0 aromatic carbocycles. The summed E-state index contributed by atoms with van der Waals surface area (Å²) in [7, 11) is 3.57. The first-order chi connectivity index (χ1) is 7.00. The fourth-order valence-corrected chi connectivity index (χ4v) is 1.40. The standard InChI is InChI=1S/C10H17N3O2/c1-7-9(8(2)15-12-7)5-6-10(14)11-13(3)4/h5-6H2,1-4H3,(H,11,14). The van der Waals surface area contributed by atoms with Crippen LogP contribution >= 0.6 is 0 Å². The summed E-state index contributed by atoms with van der Waals surface area (Å²) >= 11 is 0. The van der Waals surface area contributed by atoms with Crippen molar-refractivity contribution in [1.29, 1.82) is 0 Å². The van der Waals surface area contributed by atoms with Crippen LogP contribution in [-0.2, 0) is 11.2 Å². The normalized spacial score (nSPS) is 10.7. The van der Waals surface area contributed by atoms with Crippen LogP contribution in [0.4, 0.5) is 0 Å². The van der Waals surface area contributed by atoms with Crippen molar-refractivity contribution in [2.24, 2.45) is 0 Å². The van der Waals surface area contributed by atoms with Crippen molar-refractivity contribution in [2.75, 3.05) is 14.1 Å². The predicted molar refractivity (Wildman–Crippen MR) is 56.1 cm³/mol. The van der Waals surface area contributed by atoms with Gasteiger partial charge in [0, 0.05) is 26.1 Å². The number of aryl methyl sites for hydroxylation is 2. The van der Waals surface area contributed by atoms with Crippen LogP contribution in [0, 0.1) is 13.8 Å². The Kier molecular flexibility index (Phi) is 3.85. The number of hydrogen-bond acceptors (Lipinski definition) is 4. The molecule has 0 bridgehead atoms. The van der Waals surface area contributed by atoms with Crippen LogP contribution in [0.25, 0.3) is 0 Å². The van der Waals surface area contributed by atoms with Crippen LogP contribution in [0.1, 0.15) is 23.4 Å². The lowest BCUT2D eigenvalue weighted by Gasteiger charge is -2.11. The Morgan fingerprint density at radius 1 is 1.47 bits per heavy atom. The first-order valence-electron chi connectivity index (χ1n) is 4.89. The van der Waals surface area contributed by atoms with Gasteiger partial charge in [0.05, 0.1) is 5.69 Å². The Morgan fingerprint density at radius 3 is 2.60 bits per heavy atom. The fraction of sp³-hybridized carbons (Fsp3) is 0.600. The Morgan fingerprint density at radius 2 is 2.13 bits per heavy atom. The van der Waals surface area contributed by atoms with E-state index in [0.29, 0.717) is 12.8 Å². The molecule has 15 heavy (non-hydrogen) atoms. The number of carbonyl (C=O) groups excluding carboxylic acids is 1. The van der Waals surface area contributed by atoms with Gasteiger partial charge in [-0.2, -0.15) is 0 Å². The van der Waals surface area contributed by atoms with Gasteiger partial charge in [-0.15, -0.1) is 0 Å². The van der Waals surface area contributed by atoms with E-state index in [2.05, 4.69) is 10.6 Å². The highest BCUT2D eigenvalue weighted by molar-refractivity contribution is 5.75. The SMILES string of the molecule is Cc1noc(C)c1CCC(=O)NN(C)C. The molecule has 1 N–H and O–H groups in total. The monoisotopic (exact) mass is 211 g/mol. The van der Waals surface area contributed by atoms with Gasteiger partial charge in [-0.25, -0.2) is 5.01 Å². The number of amides is 1. The molecular weight excluding hydrogens is 194 g/mol. The van der Waals surface area contributed by atoms with E-state index in [9.17, 15) is 4.79 Å². The molecule has 1 aromatic rings. The molecule has 0 fully saturated rings. The molecule has 0 aliphatic heterocycles. The Bertz CT molecular complexity index is 325. The maximum absolute atomic E-state index is 11.4. The molecule has 5 nitrogen and oxygen atoms in total. The minimum absolute atomic E-state index is 0.000000000000000444. The first kappa shape index (κ1) is 11.7. The van der Waals surface area contributed by atoms with Gasteiger partial charge in [0.15, 0.2) is 0 Å². The third-order valence-corrected chi connectivity index (χ3v) is 2.13. The van der Waals surface area contributed by atoms with Crippen molar-refractivity contribution in [3.05, 3.63) is 17.0 Å². The first-order valence-corrected chi connectivity index (χ1v) is 4.89. The second-order valence-electron chi connectivity index (χ2n) is 3.73. The molecule has 0 aliphatic carbocycles.